The number of hydrogen-bond donors (Lipinski definition) is 1. The normalized spacial score (nSPS) is 17.3. The molecule has 19 heavy (non-hydrogen) atoms. The number of carbonyl (C=O) groups is 2. The molecule has 98 valence electrons. The Kier molecular flexibility index (Phi) is 4.02. The lowest BCUT2D eigenvalue weighted by Crippen LogP contribution is -2.25. The Balaban J connectivity index is 1.97. The number of nitrogens with one attached hydrogen (secondary N) is 1. The van der Waals surface area contributed by atoms with Crippen LogP contribution in [0.1, 0.15) is 6.92 Å². The highest BCUT2D eigenvalue weighted by Crippen LogP contribution is 2.16. The van der Waals surface area contributed by atoms with Crippen LogP contribution in [0.4, 0.5) is 5.69 Å². The molecule has 0 bridgehead atoms. The molecule has 1 aliphatic heterocycles. The minimum absolute atomic E-state index is 0.336. The molecule has 6 nitrogen and oxygen atoms in total. The summed E-state index contributed by atoms with van der Waals surface area (Å²) in [4.78, 5) is 22.6. The Morgan fingerprint density at radius 1 is 1.37 bits per heavy atom. The maximum atomic E-state index is 11.8. The van der Waals surface area contributed by atoms with Crippen molar-refractivity contribution in [3.8, 4) is 5.75 Å². The van der Waals surface area contributed by atoms with Gasteiger partial charge in [0.1, 0.15) is 5.75 Å². The van der Waals surface area contributed by atoms with Gasteiger partial charge in [0.25, 0.3) is 11.8 Å². The summed E-state index contributed by atoms with van der Waals surface area (Å²) in [5.74, 6) is -0.0508. The van der Waals surface area contributed by atoms with E-state index in [0.29, 0.717) is 12.3 Å². The first-order valence-electron chi connectivity index (χ1n) is 5.86. The molecule has 1 aromatic rings. The molecular formula is C13H13N3O3. The molecule has 2 amide bonds. The molecule has 0 saturated carbocycles. The van der Waals surface area contributed by atoms with Crippen LogP contribution in [0.25, 0.3) is 0 Å². The van der Waals surface area contributed by atoms with Crippen molar-refractivity contribution in [2.45, 2.75) is 13.0 Å². The molecule has 1 heterocycles. The molecule has 1 aromatic carbocycles. The lowest BCUT2D eigenvalue weighted by atomic mass is 10.2. The summed E-state index contributed by atoms with van der Waals surface area (Å²) in [6.07, 6.45) is 2.65. The van der Waals surface area contributed by atoms with Gasteiger partial charge in [-0.15, -0.1) is 5.11 Å². The third-order valence-electron chi connectivity index (χ3n) is 2.40. The fourth-order valence-electron chi connectivity index (χ4n) is 1.52. The summed E-state index contributed by atoms with van der Waals surface area (Å²) in [5, 5.41) is 9.62. The molecular weight excluding hydrogens is 246 g/mol. The van der Waals surface area contributed by atoms with Gasteiger partial charge in [0, 0.05) is 11.8 Å². The average molecular weight is 259 g/mol. The summed E-state index contributed by atoms with van der Waals surface area (Å²) in [6.45, 7) is 2.49. The van der Waals surface area contributed by atoms with E-state index < -0.39 is 11.9 Å². The number of ether oxygens (including phenoxy) is 1. The van der Waals surface area contributed by atoms with Gasteiger partial charge in [0.2, 0.25) is 0 Å². The molecule has 0 saturated heterocycles. The van der Waals surface area contributed by atoms with Crippen molar-refractivity contribution in [2.75, 3.05) is 11.9 Å². The molecule has 0 fully saturated rings. The Bertz CT molecular complexity index is 519. The molecule has 0 radical (unpaired) electrons. The van der Waals surface area contributed by atoms with Gasteiger partial charge in [0.05, 0.1) is 6.61 Å². The minimum atomic E-state index is -0.760. The summed E-state index contributed by atoms with van der Waals surface area (Å²) in [7, 11) is 0. The van der Waals surface area contributed by atoms with E-state index in [9.17, 15) is 9.59 Å². The third kappa shape index (κ3) is 3.48. The van der Waals surface area contributed by atoms with Gasteiger partial charge in [-0.3, -0.25) is 9.59 Å². The van der Waals surface area contributed by atoms with Crippen molar-refractivity contribution in [2.24, 2.45) is 10.2 Å². The van der Waals surface area contributed by atoms with Gasteiger partial charge in [-0.05, 0) is 37.3 Å². The second-order valence-corrected chi connectivity index (χ2v) is 3.80. The second-order valence-electron chi connectivity index (χ2n) is 3.80. The van der Waals surface area contributed by atoms with Gasteiger partial charge in [-0.1, -0.05) is 0 Å². The van der Waals surface area contributed by atoms with Crippen molar-refractivity contribution in [3.63, 3.8) is 0 Å². The van der Waals surface area contributed by atoms with Gasteiger partial charge in [0.15, 0.2) is 6.04 Å². The summed E-state index contributed by atoms with van der Waals surface area (Å²) in [6, 6.07) is 6.24. The zero-order valence-corrected chi connectivity index (χ0v) is 10.4. The topological polar surface area (TPSA) is 80.1 Å². The molecule has 0 aliphatic carbocycles. The predicted octanol–water partition coefficient (Wildman–Crippen LogP) is 1.94. The van der Waals surface area contributed by atoms with E-state index in [1.165, 1.54) is 12.2 Å². The van der Waals surface area contributed by atoms with Crippen molar-refractivity contribution < 1.29 is 14.3 Å². The molecule has 0 aromatic heterocycles. The molecule has 6 heteroatoms. The van der Waals surface area contributed by atoms with Gasteiger partial charge < -0.3 is 10.1 Å². The number of carbonyl (C=O) groups excluding carboxylic acids is 2. The molecule has 0 spiro atoms. The highest BCUT2D eigenvalue weighted by molar-refractivity contribution is 5.98. The number of benzene rings is 1. The van der Waals surface area contributed by atoms with Crippen molar-refractivity contribution >= 4 is 17.5 Å². The number of azo groups is 1. The smallest absolute Gasteiger partial charge is 0.287 e. The fourth-order valence-corrected chi connectivity index (χ4v) is 1.52. The van der Waals surface area contributed by atoms with Crippen LogP contribution >= 0.6 is 0 Å². The van der Waals surface area contributed by atoms with E-state index in [4.69, 9.17) is 4.74 Å². The first-order chi connectivity index (χ1) is 9.19. The van der Waals surface area contributed by atoms with Gasteiger partial charge in [-0.25, -0.2) is 0 Å². The number of amides is 2. The molecule has 1 atom stereocenters. The predicted molar refractivity (Wildman–Crippen MR) is 69.0 cm³/mol. The van der Waals surface area contributed by atoms with Crippen LogP contribution in [0.2, 0.25) is 0 Å². The Labute approximate surface area is 110 Å². The van der Waals surface area contributed by atoms with Crippen LogP contribution in [0.15, 0.2) is 46.6 Å². The largest absolute Gasteiger partial charge is 0.494 e. The van der Waals surface area contributed by atoms with E-state index in [1.807, 2.05) is 6.92 Å². The maximum absolute atomic E-state index is 11.8. The fraction of sp³-hybridized carbons (Fsp3) is 0.231. The van der Waals surface area contributed by atoms with E-state index in [2.05, 4.69) is 15.5 Å². The van der Waals surface area contributed by atoms with Gasteiger partial charge in [-0.2, -0.15) is 5.11 Å². The molecule has 1 aliphatic rings. The summed E-state index contributed by atoms with van der Waals surface area (Å²) in [5.41, 5.74) is 0.633. The van der Waals surface area contributed by atoms with Crippen LogP contribution in [0, 0.1) is 0 Å². The monoisotopic (exact) mass is 259 g/mol. The Hall–Kier alpha value is -2.50. The SMILES string of the molecule is CCOc1ccc(NC(=O)C2C=CC(=O)N=N2)cc1. The number of nitrogens with zero attached hydrogens (tertiary/aromatic N) is 2. The van der Waals surface area contributed by atoms with Crippen LogP contribution in [-0.4, -0.2) is 24.5 Å². The number of rotatable bonds is 4. The second kappa shape index (κ2) is 5.90. The number of anilines is 1. The Morgan fingerprint density at radius 3 is 2.68 bits per heavy atom. The van der Waals surface area contributed by atoms with Crippen LogP contribution in [0.5, 0.6) is 5.75 Å². The first-order valence-corrected chi connectivity index (χ1v) is 5.86. The molecule has 2 rings (SSSR count). The van der Waals surface area contributed by atoms with Crippen molar-refractivity contribution in [1.82, 2.24) is 0 Å². The zero-order chi connectivity index (χ0) is 13.7. The molecule has 1 N–H and O–H groups in total. The lowest BCUT2D eigenvalue weighted by molar-refractivity contribution is -0.117. The average Bonchev–Trinajstić information content (AvgIpc) is 2.42. The lowest BCUT2D eigenvalue weighted by Gasteiger charge is -2.10. The standard InChI is InChI=1S/C13H13N3O3/c1-2-19-10-5-3-9(4-6-10)14-13(18)11-7-8-12(17)16-15-11/h3-8,11H,2H2,1H3,(H,14,18). The van der Waals surface area contributed by atoms with E-state index in [0.717, 1.165) is 5.75 Å². The Morgan fingerprint density at radius 2 is 2.11 bits per heavy atom. The summed E-state index contributed by atoms with van der Waals surface area (Å²) >= 11 is 0. The van der Waals surface area contributed by atoms with Crippen molar-refractivity contribution in [1.29, 1.82) is 0 Å². The first kappa shape index (κ1) is 12.9. The highest BCUT2D eigenvalue weighted by Gasteiger charge is 2.18. The summed E-state index contributed by atoms with van der Waals surface area (Å²) < 4.78 is 5.30. The number of hydrogen-bond acceptors (Lipinski definition) is 4. The van der Waals surface area contributed by atoms with Crippen LogP contribution in [-0.2, 0) is 9.59 Å². The van der Waals surface area contributed by atoms with Crippen LogP contribution < -0.4 is 10.1 Å². The quantitative estimate of drug-likeness (QED) is 0.897. The minimum Gasteiger partial charge on any atom is -0.494 e. The maximum Gasteiger partial charge on any atom is 0.287 e. The highest BCUT2D eigenvalue weighted by atomic mass is 16.5. The van der Waals surface area contributed by atoms with E-state index in [-0.39, 0.29) is 5.91 Å². The third-order valence-corrected chi connectivity index (χ3v) is 2.40. The zero-order valence-electron chi connectivity index (χ0n) is 10.4. The molecule has 1 unspecified atom stereocenters. The van der Waals surface area contributed by atoms with Crippen LogP contribution in [0.3, 0.4) is 0 Å². The van der Waals surface area contributed by atoms with Crippen molar-refractivity contribution in [3.05, 3.63) is 36.4 Å². The van der Waals surface area contributed by atoms with E-state index >= 15 is 0 Å². The van der Waals surface area contributed by atoms with E-state index in [1.54, 1.807) is 24.3 Å². The van der Waals surface area contributed by atoms with Gasteiger partial charge >= 0.3 is 0 Å².